The minimum atomic E-state index is -0.763. The summed E-state index contributed by atoms with van der Waals surface area (Å²) in [6.07, 6.45) is 2.41. The van der Waals surface area contributed by atoms with E-state index >= 15 is 0 Å². The van der Waals surface area contributed by atoms with E-state index in [1.165, 1.54) is 0 Å². The molecule has 0 spiro atoms. The van der Waals surface area contributed by atoms with Gasteiger partial charge >= 0.3 is 5.97 Å². The highest BCUT2D eigenvalue weighted by molar-refractivity contribution is 6.42. The molecular weight excluding hydrogens is 259 g/mol. The maximum atomic E-state index is 11.5. The Hall–Kier alpha value is -0.730. The molecule has 0 amide bonds. The summed E-state index contributed by atoms with van der Waals surface area (Å²) in [5, 5.41) is 10.3. The van der Waals surface area contributed by atoms with Crippen LogP contribution >= 0.6 is 23.2 Å². The Morgan fingerprint density at radius 2 is 2.06 bits per heavy atom. The lowest BCUT2D eigenvalue weighted by Crippen LogP contribution is -2.47. The Balaban J connectivity index is 2.35. The highest BCUT2D eigenvalue weighted by atomic mass is 35.5. The van der Waals surface area contributed by atoms with Crippen LogP contribution in [-0.4, -0.2) is 11.1 Å². The zero-order valence-electron chi connectivity index (χ0n) is 9.54. The predicted octanol–water partition coefficient (Wildman–Crippen LogP) is 4.14. The van der Waals surface area contributed by atoms with E-state index < -0.39 is 11.4 Å². The molecule has 0 atom stereocenters. The summed E-state index contributed by atoms with van der Waals surface area (Å²) in [6, 6.07) is 5.13. The fraction of sp³-hybridized carbons (Fsp3) is 0.462. The Morgan fingerprint density at radius 3 is 2.53 bits per heavy atom. The largest absolute Gasteiger partial charge is 0.481 e. The minimum absolute atomic E-state index is 0.421. The molecule has 1 aliphatic rings. The number of carboxylic acids is 1. The van der Waals surface area contributed by atoms with Crippen molar-refractivity contribution in [1.29, 1.82) is 0 Å². The molecular formula is C13H14Cl2O2. The van der Waals surface area contributed by atoms with Crippen molar-refractivity contribution in [1.82, 2.24) is 0 Å². The molecule has 4 heteroatoms. The van der Waals surface area contributed by atoms with E-state index in [1.54, 1.807) is 18.2 Å². The molecule has 2 nitrogen and oxygen atoms in total. The van der Waals surface area contributed by atoms with Gasteiger partial charge in [0.2, 0.25) is 0 Å². The van der Waals surface area contributed by atoms with Crippen molar-refractivity contribution in [2.75, 3.05) is 0 Å². The fourth-order valence-corrected chi connectivity index (χ4v) is 2.84. The number of hydrogen-bond acceptors (Lipinski definition) is 1. The summed E-state index contributed by atoms with van der Waals surface area (Å²) >= 11 is 11.8. The van der Waals surface area contributed by atoms with Crippen molar-refractivity contribution in [3.8, 4) is 0 Å². The van der Waals surface area contributed by atoms with Gasteiger partial charge in [0, 0.05) is 0 Å². The molecule has 0 aliphatic heterocycles. The topological polar surface area (TPSA) is 37.3 Å². The summed E-state index contributed by atoms with van der Waals surface area (Å²) in [6.45, 7) is 2.09. The highest BCUT2D eigenvalue weighted by Crippen LogP contribution is 2.50. The first-order chi connectivity index (χ1) is 7.99. The molecule has 0 saturated heterocycles. The SMILES string of the molecule is CCC1CC(C(=O)O)(c2ccc(Cl)c(Cl)c2)C1. The number of aliphatic carboxylic acids is 1. The van der Waals surface area contributed by atoms with Gasteiger partial charge in [0.25, 0.3) is 0 Å². The monoisotopic (exact) mass is 272 g/mol. The van der Waals surface area contributed by atoms with Crippen LogP contribution in [0.2, 0.25) is 10.0 Å². The molecule has 0 heterocycles. The summed E-state index contributed by atoms with van der Waals surface area (Å²) in [5.41, 5.74) is 0.0126. The second-order valence-electron chi connectivity index (χ2n) is 4.70. The van der Waals surface area contributed by atoms with E-state index in [4.69, 9.17) is 23.2 Å². The van der Waals surface area contributed by atoms with Gasteiger partial charge in [-0.1, -0.05) is 42.6 Å². The van der Waals surface area contributed by atoms with Crippen LogP contribution in [-0.2, 0) is 10.2 Å². The Kier molecular flexibility index (Phi) is 3.37. The summed E-state index contributed by atoms with van der Waals surface area (Å²) in [4.78, 5) is 11.5. The van der Waals surface area contributed by atoms with Crippen molar-refractivity contribution in [2.45, 2.75) is 31.6 Å². The van der Waals surface area contributed by atoms with Crippen LogP contribution < -0.4 is 0 Å². The first kappa shape index (κ1) is 12.7. The molecule has 0 unspecified atom stereocenters. The van der Waals surface area contributed by atoms with Crippen LogP contribution in [0.4, 0.5) is 0 Å². The van der Waals surface area contributed by atoms with Crippen molar-refractivity contribution >= 4 is 29.2 Å². The van der Waals surface area contributed by atoms with Gasteiger partial charge in [0.15, 0.2) is 0 Å². The molecule has 1 saturated carbocycles. The second-order valence-corrected chi connectivity index (χ2v) is 5.51. The van der Waals surface area contributed by atoms with Crippen LogP contribution in [0.5, 0.6) is 0 Å². The number of halogens is 2. The zero-order chi connectivity index (χ0) is 12.6. The normalized spacial score (nSPS) is 27.6. The molecule has 0 radical (unpaired) electrons. The van der Waals surface area contributed by atoms with E-state index in [2.05, 4.69) is 6.92 Å². The molecule has 17 heavy (non-hydrogen) atoms. The van der Waals surface area contributed by atoms with Crippen molar-refractivity contribution in [2.24, 2.45) is 5.92 Å². The van der Waals surface area contributed by atoms with Crippen LogP contribution in [0, 0.1) is 5.92 Å². The van der Waals surface area contributed by atoms with E-state index in [1.807, 2.05) is 0 Å². The average molecular weight is 273 g/mol. The van der Waals surface area contributed by atoms with E-state index in [9.17, 15) is 9.90 Å². The third kappa shape index (κ3) is 2.04. The van der Waals surface area contributed by atoms with Crippen molar-refractivity contribution in [3.05, 3.63) is 33.8 Å². The standard InChI is InChI=1S/C13H14Cl2O2/c1-2-8-6-13(7-8,12(16)17)9-3-4-10(14)11(15)5-9/h3-5,8H,2,6-7H2,1H3,(H,16,17). The van der Waals surface area contributed by atoms with E-state index in [0.717, 1.165) is 12.0 Å². The molecule has 92 valence electrons. The van der Waals surface area contributed by atoms with E-state index in [-0.39, 0.29) is 0 Å². The molecule has 1 fully saturated rings. The Bertz CT molecular complexity index is 451. The average Bonchev–Trinajstić information content (AvgIpc) is 2.21. The van der Waals surface area contributed by atoms with Crippen LogP contribution in [0.3, 0.4) is 0 Å². The summed E-state index contributed by atoms with van der Waals surface area (Å²) in [7, 11) is 0. The van der Waals surface area contributed by atoms with Gasteiger partial charge in [-0.3, -0.25) is 4.79 Å². The van der Waals surface area contributed by atoms with Gasteiger partial charge in [-0.05, 0) is 36.5 Å². The first-order valence-electron chi connectivity index (χ1n) is 5.68. The van der Waals surface area contributed by atoms with Gasteiger partial charge < -0.3 is 5.11 Å². The molecule has 1 N–H and O–H groups in total. The quantitative estimate of drug-likeness (QED) is 0.898. The third-order valence-electron chi connectivity index (χ3n) is 3.73. The summed E-state index contributed by atoms with van der Waals surface area (Å²) in [5.74, 6) is -0.263. The Morgan fingerprint density at radius 1 is 1.41 bits per heavy atom. The number of benzene rings is 1. The van der Waals surface area contributed by atoms with Crippen LogP contribution in [0.15, 0.2) is 18.2 Å². The number of hydrogen-bond donors (Lipinski definition) is 1. The molecule has 0 aromatic heterocycles. The minimum Gasteiger partial charge on any atom is -0.481 e. The lowest BCUT2D eigenvalue weighted by molar-refractivity contribution is -0.149. The molecule has 0 bridgehead atoms. The number of carboxylic acid groups (broad SMARTS) is 1. The first-order valence-corrected chi connectivity index (χ1v) is 6.44. The van der Waals surface area contributed by atoms with Gasteiger partial charge in [-0.15, -0.1) is 0 Å². The summed E-state index contributed by atoms with van der Waals surface area (Å²) < 4.78 is 0. The van der Waals surface area contributed by atoms with Crippen molar-refractivity contribution < 1.29 is 9.90 Å². The molecule has 1 aromatic carbocycles. The predicted molar refractivity (Wildman–Crippen MR) is 68.8 cm³/mol. The van der Waals surface area contributed by atoms with E-state index in [0.29, 0.717) is 28.8 Å². The molecule has 2 rings (SSSR count). The number of rotatable bonds is 3. The van der Waals surface area contributed by atoms with Gasteiger partial charge in [0.05, 0.1) is 15.5 Å². The second kappa shape index (κ2) is 4.51. The van der Waals surface area contributed by atoms with Crippen LogP contribution in [0.1, 0.15) is 31.7 Å². The maximum absolute atomic E-state index is 11.5. The smallest absolute Gasteiger partial charge is 0.314 e. The van der Waals surface area contributed by atoms with Gasteiger partial charge in [-0.25, -0.2) is 0 Å². The van der Waals surface area contributed by atoms with Gasteiger partial charge in [-0.2, -0.15) is 0 Å². The molecule has 1 aromatic rings. The Labute approximate surface area is 111 Å². The lowest BCUT2D eigenvalue weighted by Gasteiger charge is -2.44. The fourth-order valence-electron chi connectivity index (χ4n) is 2.54. The highest BCUT2D eigenvalue weighted by Gasteiger charge is 2.50. The number of carbonyl (C=O) groups is 1. The third-order valence-corrected chi connectivity index (χ3v) is 4.47. The van der Waals surface area contributed by atoms with Gasteiger partial charge in [0.1, 0.15) is 0 Å². The maximum Gasteiger partial charge on any atom is 0.314 e. The molecule has 1 aliphatic carbocycles. The lowest BCUT2D eigenvalue weighted by atomic mass is 9.58. The van der Waals surface area contributed by atoms with Crippen molar-refractivity contribution in [3.63, 3.8) is 0 Å². The zero-order valence-corrected chi connectivity index (χ0v) is 11.1. The van der Waals surface area contributed by atoms with Crippen LogP contribution in [0.25, 0.3) is 0 Å².